The van der Waals surface area contributed by atoms with Gasteiger partial charge in [0.2, 0.25) is 0 Å². The first-order chi connectivity index (χ1) is 9.59. The fraction of sp³-hybridized carbons (Fsp3) is 0.353. The number of nitrogens with zero attached hydrogens (tertiary/aromatic N) is 1. The van der Waals surface area contributed by atoms with Crippen LogP contribution < -0.4 is 10.6 Å². The fourth-order valence-corrected chi connectivity index (χ4v) is 2.94. The van der Waals surface area contributed by atoms with Crippen LogP contribution in [0.1, 0.15) is 25.3 Å². The average Bonchev–Trinajstić information content (AvgIpc) is 3.29. The number of amidine groups is 1. The summed E-state index contributed by atoms with van der Waals surface area (Å²) < 4.78 is 0. The Balaban J connectivity index is 2.12. The van der Waals surface area contributed by atoms with Crippen LogP contribution in [0.25, 0.3) is 10.8 Å². The van der Waals surface area contributed by atoms with E-state index in [1.165, 1.54) is 23.9 Å². The molecule has 0 radical (unpaired) electrons. The van der Waals surface area contributed by atoms with E-state index in [1.807, 2.05) is 24.3 Å². The van der Waals surface area contributed by atoms with Crippen LogP contribution in [0.4, 0.5) is 5.69 Å². The Morgan fingerprint density at radius 3 is 2.45 bits per heavy atom. The second kappa shape index (κ2) is 4.82. The van der Waals surface area contributed by atoms with Crippen molar-refractivity contribution in [3.8, 4) is 0 Å². The number of benzene rings is 2. The molecule has 3 N–H and O–H groups in total. The Bertz CT molecular complexity index is 658. The number of nitrogens with one attached hydrogen (secondary N) is 1. The summed E-state index contributed by atoms with van der Waals surface area (Å²) in [6.45, 7) is 2.30. The molecule has 1 aliphatic carbocycles. The third-order valence-electron chi connectivity index (χ3n) is 4.49. The molecule has 0 aromatic heterocycles. The maximum Gasteiger partial charge on any atom is 0.123 e. The lowest BCUT2D eigenvalue weighted by molar-refractivity contribution is 0.610. The van der Waals surface area contributed by atoms with Crippen molar-refractivity contribution in [3.63, 3.8) is 0 Å². The Morgan fingerprint density at radius 1 is 1.20 bits per heavy atom. The Labute approximate surface area is 119 Å². The van der Waals surface area contributed by atoms with Crippen molar-refractivity contribution in [1.82, 2.24) is 0 Å². The molecule has 104 valence electrons. The first-order valence-electron chi connectivity index (χ1n) is 7.18. The van der Waals surface area contributed by atoms with E-state index >= 15 is 0 Å². The normalized spacial score (nSPS) is 16.1. The minimum absolute atomic E-state index is 0.130. The van der Waals surface area contributed by atoms with Gasteiger partial charge in [0, 0.05) is 29.7 Å². The van der Waals surface area contributed by atoms with E-state index in [-0.39, 0.29) is 5.84 Å². The van der Waals surface area contributed by atoms with Gasteiger partial charge in [-0.05, 0) is 43.2 Å². The molecule has 20 heavy (non-hydrogen) atoms. The summed E-state index contributed by atoms with van der Waals surface area (Å²) >= 11 is 0. The molecule has 3 rings (SSSR count). The highest BCUT2D eigenvalue weighted by molar-refractivity contribution is 6.10. The van der Waals surface area contributed by atoms with Crippen LogP contribution in [0.2, 0.25) is 0 Å². The van der Waals surface area contributed by atoms with Gasteiger partial charge in [-0.1, -0.05) is 24.3 Å². The van der Waals surface area contributed by atoms with Crippen molar-refractivity contribution in [2.24, 2.45) is 11.7 Å². The van der Waals surface area contributed by atoms with Crippen LogP contribution in [0, 0.1) is 11.3 Å². The Hall–Kier alpha value is -2.03. The van der Waals surface area contributed by atoms with Crippen molar-refractivity contribution in [2.75, 3.05) is 11.9 Å². The smallest absolute Gasteiger partial charge is 0.123 e. The monoisotopic (exact) mass is 267 g/mol. The van der Waals surface area contributed by atoms with E-state index in [4.69, 9.17) is 11.1 Å². The number of fused-ring (bicyclic) bond motifs is 1. The molecule has 0 heterocycles. The van der Waals surface area contributed by atoms with Crippen LogP contribution >= 0.6 is 0 Å². The van der Waals surface area contributed by atoms with Crippen molar-refractivity contribution in [2.45, 2.75) is 25.8 Å². The van der Waals surface area contributed by atoms with E-state index < -0.39 is 0 Å². The van der Waals surface area contributed by atoms with Gasteiger partial charge in [0.05, 0.1) is 0 Å². The third kappa shape index (κ3) is 2.13. The lowest BCUT2D eigenvalue weighted by Gasteiger charge is -2.28. The lowest BCUT2D eigenvalue weighted by Crippen LogP contribution is -2.30. The molecule has 1 atom stereocenters. The predicted octanol–water partition coefficient (Wildman–Crippen LogP) is 3.36. The second-order valence-electron chi connectivity index (χ2n) is 5.78. The molecule has 1 unspecified atom stereocenters. The standard InChI is InChI=1S/C17H21N3/c1-11(12-7-8-12)20(2)16-10-9-15(17(18)19)13-5-3-4-6-14(13)16/h3-6,9-12H,7-8H2,1-2H3,(H3,18,19). The maximum absolute atomic E-state index is 7.72. The molecule has 0 amide bonds. The summed E-state index contributed by atoms with van der Waals surface area (Å²) in [6, 6.07) is 12.8. The summed E-state index contributed by atoms with van der Waals surface area (Å²) in [5.41, 5.74) is 7.74. The van der Waals surface area contributed by atoms with Crippen molar-refractivity contribution in [3.05, 3.63) is 42.0 Å². The summed E-state index contributed by atoms with van der Waals surface area (Å²) in [6.07, 6.45) is 2.68. The van der Waals surface area contributed by atoms with Crippen LogP contribution in [0.5, 0.6) is 0 Å². The number of rotatable bonds is 4. The van der Waals surface area contributed by atoms with Crippen LogP contribution in [-0.4, -0.2) is 18.9 Å². The lowest BCUT2D eigenvalue weighted by atomic mass is 10.0. The molecule has 0 saturated heterocycles. The zero-order valence-corrected chi connectivity index (χ0v) is 12.1. The van der Waals surface area contributed by atoms with Crippen LogP contribution in [0.3, 0.4) is 0 Å². The third-order valence-corrected chi connectivity index (χ3v) is 4.49. The van der Waals surface area contributed by atoms with E-state index in [9.17, 15) is 0 Å². The zero-order chi connectivity index (χ0) is 14.3. The molecule has 3 nitrogen and oxygen atoms in total. The molecule has 3 heteroatoms. The molecule has 1 fully saturated rings. The van der Waals surface area contributed by atoms with Gasteiger partial charge < -0.3 is 10.6 Å². The Morgan fingerprint density at radius 2 is 1.85 bits per heavy atom. The number of hydrogen-bond donors (Lipinski definition) is 2. The number of nitrogens with two attached hydrogens (primary N) is 1. The van der Waals surface area contributed by atoms with Gasteiger partial charge >= 0.3 is 0 Å². The average molecular weight is 267 g/mol. The summed E-state index contributed by atoms with van der Waals surface area (Å²) in [7, 11) is 2.16. The quantitative estimate of drug-likeness (QED) is 0.659. The van der Waals surface area contributed by atoms with Gasteiger partial charge in [0.25, 0.3) is 0 Å². The highest BCUT2D eigenvalue weighted by Gasteiger charge is 2.31. The van der Waals surface area contributed by atoms with Gasteiger partial charge in [0.1, 0.15) is 5.84 Å². The van der Waals surface area contributed by atoms with Gasteiger partial charge in [-0.3, -0.25) is 5.41 Å². The fourth-order valence-electron chi connectivity index (χ4n) is 2.94. The molecule has 2 aromatic rings. The highest BCUT2D eigenvalue weighted by Crippen LogP contribution is 2.38. The number of nitrogen functional groups attached to an aromatic ring is 1. The summed E-state index contributed by atoms with van der Waals surface area (Å²) in [5, 5.41) is 9.96. The number of anilines is 1. The van der Waals surface area contributed by atoms with Crippen molar-refractivity contribution < 1.29 is 0 Å². The molecule has 0 bridgehead atoms. The van der Waals surface area contributed by atoms with Gasteiger partial charge in [-0.15, -0.1) is 0 Å². The van der Waals surface area contributed by atoms with Crippen molar-refractivity contribution >= 4 is 22.3 Å². The molecule has 2 aromatic carbocycles. The molecule has 1 aliphatic rings. The maximum atomic E-state index is 7.72. The number of hydrogen-bond acceptors (Lipinski definition) is 2. The topological polar surface area (TPSA) is 53.1 Å². The van der Waals surface area contributed by atoms with Crippen molar-refractivity contribution in [1.29, 1.82) is 5.41 Å². The second-order valence-corrected chi connectivity index (χ2v) is 5.78. The van der Waals surface area contributed by atoms with E-state index in [2.05, 4.69) is 31.0 Å². The van der Waals surface area contributed by atoms with Gasteiger partial charge in [-0.25, -0.2) is 0 Å². The van der Waals surface area contributed by atoms with E-state index in [0.29, 0.717) is 6.04 Å². The summed E-state index contributed by atoms with van der Waals surface area (Å²) in [4.78, 5) is 2.36. The van der Waals surface area contributed by atoms with Crippen LogP contribution in [-0.2, 0) is 0 Å². The molecule has 1 saturated carbocycles. The molecule has 0 aliphatic heterocycles. The minimum Gasteiger partial charge on any atom is -0.384 e. The van der Waals surface area contributed by atoms with E-state index in [0.717, 1.165) is 16.9 Å². The molecular weight excluding hydrogens is 246 g/mol. The Kier molecular flexibility index (Phi) is 3.13. The SMILES string of the molecule is CC(C1CC1)N(C)c1ccc(C(=N)N)c2ccccc12. The van der Waals surface area contributed by atoms with Gasteiger partial charge in [-0.2, -0.15) is 0 Å². The predicted molar refractivity (Wildman–Crippen MR) is 85.6 cm³/mol. The minimum atomic E-state index is 0.130. The van der Waals surface area contributed by atoms with E-state index in [1.54, 1.807) is 0 Å². The highest BCUT2D eigenvalue weighted by atomic mass is 15.1. The first kappa shape index (κ1) is 13.0. The first-order valence-corrected chi connectivity index (χ1v) is 7.18. The largest absolute Gasteiger partial charge is 0.384 e. The summed E-state index contributed by atoms with van der Waals surface area (Å²) in [5.74, 6) is 0.955. The molecule has 0 spiro atoms. The molecular formula is C17H21N3. The zero-order valence-electron chi connectivity index (χ0n) is 12.1. The van der Waals surface area contributed by atoms with Crippen LogP contribution in [0.15, 0.2) is 36.4 Å². The van der Waals surface area contributed by atoms with Gasteiger partial charge in [0.15, 0.2) is 0 Å².